The van der Waals surface area contributed by atoms with Crippen LogP contribution >= 0.6 is 0 Å². The van der Waals surface area contributed by atoms with Crippen LogP contribution in [0.4, 0.5) is 0 Å². The summed E-state index contributed by atoms with van der Waals surface area (Å²) in [7, 11) is 0. The van der Waals surface area contributed by atoms with Gasteiger partial charge in [0.1, 0.15) is 0 Å². The summed E-state index contributed by atoms with van der Waals surface area (Å²) >= 11 is 0. The number of hydrogen-bond donors (Lipinski definition) is 1. The van der Waals surface area contributed by atoms with Crippen molar-refractivity contribution in [2.45, 2.75) is 32.6 Å². The van der Waals surface area contributed by atoms with Crippen molar-refractivity contribution in [2.24, 2.45) is 5.73 Å². The minimum absolute atomic E-state index is 0.221. The van der Waals surface area contributed by atoms with E-state index in [1.807, 2.05) is 6.08 Å². The molecule has 1 amide bonds. The molecule has 0 fully saturated rings. The molecule has 10 heavy (non-hydrogen) atoms. The molecule has 2 heteroatoms. The highest BCUT2D eigenvalue weighted by Gasteiger charge is 1.87. The number of unbranched alkanes of at least 4 members (excludes halogenated alkanes) is 1. The highest BCUT2D eigenvalue weighted by Crippen LogP contribution is 1.93. The highest BCUT2D eigenvalue weighted by atomic mass is 16.1. The lowest BCUT2D eigenvalue weighted by Gasteiger charge is -1.87. The summed E-state index contributed by atoms with van der Waals surface area (Å²) < 4.78 is 0. The zero-order valence-electron chi connectivity index (χ0n) is 6.47. The first-order valence-corrected chi connectivity index (χ1v) is 3.70. The van der Waals surface area contributed by atoms with Gasteiger partial charge in [-0.1, -0.05) is 25.5 Å². The van der Waals surface area contributed by atoms with E-state index in [1.165, 1.54) is 0 Å². The number of hydrogen-bond acceptors (Lipinski definition) is 1. The molecule has 0 aliphatic rings. The Morgan fingerprint density at radius 2 is 2.00 bits per heavy atom. The van der Waals surface area contributed by atoms with Crippen LogP contribution in [0.1, 0.15) is 32.6 Å². The second-order valence-electron chi connectivity index (χ2n) is 2.27. The molecule has 0 atom stereocenters. The molecule has 58 valence electrons. The van der Waals surface area contributed by atoms with Crippen LogP contribution in [-0.2, 0) is 4.79 Å². The molecule has 0 unspecified atom stereocenters. The van der Waals surface area contributed by atoms with E-state index >= 15 is 0 Å². The van der Waals surface area contributed by atoms with Crippen molar-refractivity contribution in [1.82, 2.24) is 0 Å². The van der Waals surface area contributed by atoms with Gasteiger partial charge in [0.25, 0.3) is 0 Å². The Labute approximate surface area is 62.1 Å². The van der Waals surface area contributed by atoms with Gasteiger partial charge in [-0.3, -0.25) is 4.79 Å². The van der Waals surface area contributed by atoms with Crippen LogP contribution < -0.4 is 5.73 Å². The summed E-state index contributed by atoms with van der Waals surface area (Å²) in [6.07, 6.45) is 7.61. The van der Waals surface area contributed by atoms with Crippen LogP contribution in [0.5, 0.6) is 0 Å². The lowest BCUT2D eigenvalue weighted by molar-refractivity contribution is -0.117. The van der Waals surface area contributed by atoms with Crippen molar-refractivity contribution in [3.8, 4) is 0 Å². The lowest BCUT2D eigenvalue weighted by Crippen LogP contribution is -2.08. The zero-order chi connectivity index (χ0) is 7.82. The van der Waals surface area contributed by atoms with E-state index in [-0.39, 0.29) is 5.91 Å². The van der Waals surface area contributed by atoms with E-state index in [1.54, 1.807) is 0 Å². The number of primary amides is 1. The quantitative estimate of drug-likeness (QED) is 0.581. The number of carbonyl (C=O) groups excluding carboxylic acids is 1. The second kappa shape index (κ2) is 6.33. The predicted octanol–water partition coefficient (Wildman–Crippen LogP) is 1.61. The Morgan fingerprint density at radius 3 is 2.50 bits per heavy atom. The summed E-state index contributed by atoms with van der Waals surface area (Å²) in [5, 5.41) is 0. The van der Waals surface area contributed by atoms with Gasteiger partial charge in [0.15, 0.2) is 0 Å². The first-order valence-electron chi connectivity index (χ1n) is 3.70. The molecule has 2 nitrogen and oxygen atoms in total. The Morgan fingerprint density at radius 1 is 1.40 bits per heavy atom. The van der Waals surface area contributed by atoms with Crippen LogP contribution in [0.25, 0.3) is 0 Å². The monoisotopic (exact) mass is 141 g/mol. The van der Waals surface area contributed by atoms with Crippen LogP contribution in [0.3, 0.4) is 0 Å². The predicted molar refractivity (Wildman–Crippen MR) is 42.5 cm³/mol. The Balaban J connectivity index is 3.10. The average molecular weight is 141 g/mol. The topological polar surface area (TPSA) is 43.1 Å². The number of nitrogens with two attached hydrogens (primary N) is 1. The summed E-state index contributed by atoms with van der Waals surface area (Å²) in [6, 6.07) is 0. The molecule has 0 aromatic rings. The zero-order valence-corrected chi connectivity index (χ0v) is 6.47. The number of carbonyl (C=O) groups is 1. The Hall–Kier alpha value is -0.790. The van der Waals surface area contributed by atoms with Crippen molar-refractivity contribution in [3.63, 3.8) is 0 Å². The molecule has 0 rings (SSSR count). The fraction of sp³-hybridized carbons (Fsp3) is 0.625. The third-order valence-electron chi connectivity index (χ3n) is 1.18. The molecule has 0 spiro atoms. The summed E-state index contributed by atoms with van der Waals surface area (Å²) in [6.45, 7) is 2.12. The first-order chi connectivity index (χ1) is 4.77. The van der Waals surface area contributed by atoms with Crippen molar-refractivity contribution < 1.29 is 4.79 Å². The second-order valence-corrected chi connectivity index (χ2v) is 2.27. The fourth-order valence-electron chi connectivity index (χ4n) is 0.628. The minimum atomic E-state index is -0.221. The van der Waals surface area contributed by atoms with Crippen LogP contribution in [-0.4, -0.2) is 5.91 Å². The molecular weight excluding hydrogens is 126 g/mol. The molecule has 0 aliphatic carbocycles. The molecule has 0 saturated carbocycles. The maximum Gasteiger partial charge on any atom is 0.217 e. The van der Waals surface area contributed by atoms with Gasteiger partial charge in [0.05, 0.1) is 0 Å². The number of rotatable bonds is 5. The Bertz CT molecular complexity index is 118. The van der Waals surface area contributed by atoms with Crippen LogP contribution in [0.2, 0.25) is 0 Å². The summed E-state index contributed by atoms with van der Waals surface area (Å²) in [4.78, 5) is 10.2. The standard InChI is InChI=1S/C8H15NO/c1-2-3-4-5-6-7-8(9)10/h4-5H,2-3,6-7H2,1H3,(H2,9,10)/b5-4+. The van der Waals surface area contributed by atoms with E-state index < -0.39 is 0 Å². The average Bonchev–Trinajstić information content (AvgIpc) is 1.87. The van der Waals surface area contributed by atoms with Crippen molar-refractivity contribution in [1.29, 1.82) is 0 Å². The van der Waals surface area contributed by atoms with E-state index in [2.05, 4.69) is 13.0 Å². The molecule has 2 N–H and O–H groups in total. The molecule has 0 saturated heterocycles. The molecule has 0 aromatic heterocycles. The van der Waals surface area contributed by atoms with E-state index in [0.29, 0.717) is 6.42 Å². The van der Waals surface area contributed by atoms with E-state index in [9.17, 15) is 4.79 Å². The molecule has 0 radical (unpaired) electrons. The minimum Gasteiger partial charge on any atom is -0.370 e. The van der Waals surface area contributed by atoms with Crippen molar-refractivity contribution in [2.75, 3.05) is 0 Å². The van der Waals surface area contributed by atoms with E-state index in [0.717, 1.165) is 19.3 Å². The van der Waals surface area contributed by atoms with Gasteiger partial charge in [0, 0.05) is 6.42 Å². The lowest BCUT2D eigenvalue weighted by atomic mass is 10.2. The normalized spacial score (nSPS) is 10.5. The molecular formula is C8H15NO. The Kier molecular flexibility index (Phi) is 5.83. The van der Waals surface area contributed by atoms with Crippen LogP contribution in [0, 0.1) is 0 Å². The smallest absolute Gasteiger partial charge is 0.217 e. The number of amides is 1. The summed E-state index contributed by atoms with van der Waals surface area (Å²) in [5.74, 6) is -0.221. The summed E-state index contributed by atoms with van der Waals surface area (Å²) in [5.41, 5.74) is 4.93. The molecule has 0 aromatic carbocycles. The number of allylic oxidation sites excluding steroid dienone is 2. The van der Waals surface area contributed by atoms with Gasteiger partial charge < -0.3 is 5.73 Å². The SMILES string of the molecule is CCC/C=C/CCC(N)=O. The maximum atomic E-state index is 10.2. The van der Waals surface area contributed by atoms with Crippen molar-refractivity contribution in [3.05, 3.63) is 12.2 Å². The van der Waals surface area contributed by atoms with Gasteiger partial charge in [0.2, 0.25) is 5.91 Å². The molecule has 0 heterocycles. The molecule has 0 bridgehead atoms. The van der Waals surface area contributed by atoms with Gasteiger partial charge >= 0.3 is 0 Å². The third kappa shape index (κ3) is 7.21. The van der Waals surface area contributed by atoms with E-state index in [4.69, 9.17) is 5.73 Å². The van der Waals surface area contributed by atoms with Gasteiger partial charge in [-0.05, 0) is 12.8 Å². The van der Waals surface area contributed by atoms with Gasteiger partial charge in [-0.25, -0.2) is 0 Å². The van der Waals surface area contributed by atoms with Crippen LogP contribution in [0.15, 0.2) is 12.2 Å². The largest absolute Gasteiger partial charge is 0.370 e. The first kappa shape index (κ1) is 9.21. The fourth-order valence-corrected chi connectivity index (χ4v) is 0.628. The third-order valence-corrected chi connectivity index (χ3v) is 1.18. The van der Waals surface area contributed by atoms with Crippen molar-refractivity contribution >= 4 is 5.91 Å². The maximum absolute atomic E-state index is 10.2. The highest BCUT2D eigenvalue weighted by molar-refractivity contribution is 5.73. The van der Waals surface area contributed by atoms with Gasteiger partial charge in [-0.2, -0.15) is 0 Å². The van der Waals surface area contributed by atoms with Gasteiger partial charge in [-0.15, -0.1) is 0 Å². The molecule has 0 aliphatic heterocycles.